The number of nitro groups is 1. The van der Waals surface area contributed by atoms with Crippen LogP contribution < -0.4 is 10.7 Å². The highest BCUT2D eigenvalue weighted by atomic mass is 79.9. The number of nitrogens with one attached hydrogen (secondary N) is 2. The third-order valence-corrected chi connectivity index (χ3v) is 4.58. The van der Waals surface area contributed by atoms with Gasteiger partial charge in [-0.25, -0.2) is 5.43 Å². The molecule has 9 nitrogen and oxygen atoms in total. The molecule has 0 fully saturated rings. The lowest BCUT2D eigenvalue weighted by Crippen LogP contribution is -2.18. The third-order valence-electron chi connectivity index (χ3n) is 4.08. The number of aromatic hydroxyl groups is 1. The van der Waals surface area contributed by atoms with Crippen LogP contribution in [0.15, 0.2) is 76.3 Å². The summed E-state index contributed by atoms with van der Waals surface area (Å²) in [5.74, 6) is -0.980. The van der Waals surface area contributed by atoms with Crippen molar-refractivity contribution in [1.29, 1.82) is 0 Å². The second kappa shape index (κ2) is 9.63. The van der Waals surface area contributed by atoms with Gasteiger partial charge in [0.05, 0.1) is 11.1 Å². The van der Waals surface area contributed by atoms with E-state index in [4.69, 9.17) is 0 Å². The number of nitro benzene ring substituents is 1. The van der Waals surface area contributed by atoms with Crippen LogP contribution in [0.5, 0.6) is 5.75 Å². The van der Waals surface area contributed by atoms with Crippen LogP contribution in [0.2, 0.25) is 0 Å². The minimum Gasteiger partial charge on any atom is -0.507 e. The number of rotatable bonds is 6. The van der Waals surface area contributed by atoms with E-state index in [2.05, 4.69) is 31.8 Å². The lowest BCUT2D eigenvalue weighted by Gasteiger charge is -2.06. The lowest BCUT2D eigenvalue weighted by atomic mass is 10.1. The molecular formula is C21H15BrN4O5. The van der Waals surface area contributed by atoms with Crippen molar-refractivity contribution in [2.75, 3.05) is 5.32 Å². The maximum Gasteiger partial charge on any atom is 0.271 e. The monoisotopic (exact) mass is 482 g/mol. The summed E-state index contributed by atoms with van der Waals surface area (Å²) in [5, 5.41) is 27.0. The van der Waals surface area contributed by atoms with Crippen molar-refractivity contribution in [2.45, 2.75) is 0 Å². The van der Waals surface area contributed by atoms with Crippen LogP contribution in [0, 0.1) is 10.1 Å². The largest absolute Gasteiger partial charge is 0.507 e. The zero-order valence-corrected chi connectivity index (χ0v) is 17.4. The molecular weight excluding hydrogens is 468 g/mol. The number of amides is 2. The van der Waals surface area contributed by atoms with Crippen LogP contribution >= 0.6 is 15.9 Å². The van der Waals surface area contributed by atoms with Gasteiger partial charge in [0.25, 0.3) is 17.5 Å². The van der Waals surface area contributed by atoms with E-state index < -0.39 is 16.7 Å². The number of phenolic OH excluding ortho intramolecular Hbond substituents is 1. The second-order valence-electron chi connectivity index (χ2n) is 6.24. The molecule has 0 spiro atoms. The summed E-state index contributed by atoms with van der Waals surface area (Å²) in [6, 6.07) is 16.2. The van der Waals surface area contributed by atoms with E-state index in [0.29, 0.717) is 16.8 Å². The van der Waals surface area contributed by atoms with Gasteiger partial charge in [0.15, 0.2) is 0 Å². The molecule has 0 heterocycles. The van der Waals surface area contributed by atoms with Gasteiger partial charge in [0.1, 0.15) is 5.75 Å². The molecule has 156 valence electrons. The van der Waals surface area contributed by atoms with E-state index in [1.54, 1.807) is 12.1 Å². The van der Waals surface area contributed by atoms with Gasteiger partial charge >= 0.3 is 0 Å². The van der Waals surface area contributed by atoms with Gasteiger partial charge in [-0.1, -0.05) is 22.0 Å². The van der Waals surface area contributed by atoms with E-state index in [1.165, 1.54) is 60.8 Å². The van der Waals surface area contributed by atoms with E-state index in [0.717, 1.165) is 4.47 Å². The highest BCUT2D eigenvalue weighted by Crippen LogP contribution is 2.20. The number of phenols is 1. The molecule has 0 atom stereocenters. The van der Waals surface area contributed by atoms with Crippen molar-refractivity contribution in [2.24, 2.45) is 5.10 Å². The number of hydrazone groups is 1. The molecule has 0 radical (unpaired) electrons. The Morgan fingerprint density at radius 1 is 1.00 bits per heavy atom. The molecule has 10 heteroatoms. The molecule has 31 heavy (non-hydrogen) atoms. The predicted molar refractivity (Wildman–Crippen MR) is 118 cm³/mol. The first-order chi connectivity index (χ1) is 14.8. The summed E-state index contributed by atoms with van der Waals surface area (Å²) in [6.07, 6.45) is 1.31. The number of halogens is 1. The highest BCUT2D eigenvalue weighted by molar-refractivity contribution is 9.10. The topological polar surface area (TPSA) is 134 Å². The molecule has 0 aliphatic heterocycles. The Labute approximate surface area is 184 Å². The Kier molecular flexibility index (Phi) is 6.73. The highest BCUT2D eigenvalue weighted by Gasteiger charge is 2.12. The molecule has 0 saturated carbocycles. The number of carbonyl (C=O) groups excluding carboxylic acids is 2. The van der Waals surface area contributed by atoms with Crippen LogP contribution in [-0.4, -0.2) is 28.1 Å². The summed E-state index contributed by atoms with van der Waals surface area (Å²) in [6.45, 7) is 0. The molecule has 0 unspecified atom stereocenters. The number of hydrogen-bond donors (Lipinski definition) is 3. The molecule has 0 aromatic heterocycles. The Morgan fingerprint density at radius 3 is 2.45 bits per heavy atom. The predicted octanol–water partition coefficient (Wildman–Crippen LogP) is 4.08. The van der Waals surface area contributed by atoms with Gasteiger partial charge in [-0.3, -0.25) is 19.7 Å². The Balaban J connectivity index is 1.61. The van der Waals surface area contributed by atoms with E-state index in [1.807, 2.05) is 0 Å². The van der Waals surface area contributed by atoms with Gasteiger partial charge < -0.3 is 10.4 Å². The first kappa shape index (κ1) is 21.7. The fourth-order valence-electron chi connectivity index (χ4n) is 2.52. The zero-order valence-electron chi connectivity index (χ0n) is 15.8. The molecule has 2 amide bonds. The van der Waals surface area contributed by atoms with Crippen molar-refractivity contribution in [3.63, 3.8) is 0 Å². The van der Waals surface area contributed by atoms with Gasteiger partial charge in [-0.15, -0.1) is 0 Å². The first-order valence-corrected chi connectivity index (χ1v) is 9.60. The van der Waals surface area contributed by atoms with Gasteiger partial charge in [0, 0.05) is 39.0 Å². The van der Waals surface area contributed by atoms with E-state index in [-0.39, 0.29) is 17.0 Å². The number of anilines is 1. The molecule has 3 aromatic carbocycles. The fourth-order valence-corrected chi connectivity index (χ4v) is 2.90. The summed E-state index contributed by atoms with van der Waals surface area (Å²) in [5.41, 5.74) is 3.44. The Bertz CT molecular complexity index is 1180. The number of non-ortho nitro benzene ring substituents is 1. The number of hydrogen-bond acceptors (Lipinski definition) is 6. The number of nitrogens with zero attached hydrogens (tertiary/aromatic N) is 2. The van der Waals surface area contributed by atoms with Crippen LogP contribution in [0.4, 0.5) is 11.4 Å². The summed E-state index contributed by atoms with van der Waals surface area (Å²) < 4.78 is 0.751. The summed E-state index contributed by atoms with van der Waals surface area (Å²) in [4.78, 5) is 34.7. The molecule has 0 saturated heterocycles. The zero-order chi connectivity index (χ0) is 22.4. The Morgan fingerprint density at radius 2 is 1.74 bits per heavy atom. The maximum absolute atomic E-state index is 12.3. The lowest BCUT2D eigenvalue weighted by molar-refractivity contribution is -0.384. The molecule has 0 aliphatic carbocycles. The standard InChI is InChI=1S/C21H15BrN4O5/c22-16-6-9-19(27)15(10-16)12-23-25-21(29)13-4-7-17(8-5-13)24-20(28)14-2-1-3-18(11-14)26(30)31/h1-12,27H,(H,24,28)(H,25,29)/b23-12+. The molecule has 0 aliphatic rings. The smallest absolute Gasteiger partial charge is 0.271 e. The Hall–Kier alpha value is -4.05. The molecule has 0 bridgehead atoms. The minimum atomic E-state index is -0.579. The summed E-state index contributed by atoms with van der Waals surface area (Å²) in [7, 11) is 0. The van der Waals surface area contributed by atoms with Crippen LogP contribution in [0.3, 0.4) is 0 Å². The van der Waals surface area contributed by atoms with Crippen LogP contribution in [0.1, 0.15) is 26.3 Å². The number of benzene rings is 3. The quantitative estimate of drug-likeness (QED) is 0.276. The normalized spacial score (nSPS) is 10.6. The minimum absolute atomic E-state index is 0.0186. The molecule has 3 rings (SSSR count). The fraction of sp³-hybridized carbons (Fsp3) is 0. The summed E-state index contributed by atoms with van der Waals surface area (Å²) >= 11 is 3.28. The van der Waals surface area contributed by atoms with Crippen molar-refractivity contribution < 1.29 is 19.6 Å². The van der Waals surface area contributed by atoms with E-state index in [9.17, 15) is 24.8 Å². The van der Waals surface area contributed by atoms with Crippen LogP contribution in [-0.2, 0) is 0 Å². The maximum atomic E-state index is 12.3. The van der Waals surface area contributed by atoms with Crippen molar-refractivity contribution >= 4 is 45.3 Å². The van der Waals surface area contributed by atoms with Gasteiger partial charge in [0.2, 0.25) is 0 Å². The average Bonchev–Trinajstić information content (AvgIpc) is 2.76. The van der Waals surface area contributed by atoms with E-state index >= 15 is 0 Å². The van der Waals surface area contributed by atoms with Gasteiger partial charge in [-0.05, 0) is 48.5 Å². The molecule has 3 N–H and O–H groups in total. The number of carbonyl (C=O) groups is 2. The van der Waals surface area contributed by atoms with Crippen molar-refractivity contribution in [1.82, 2.24) is 5.43 Å². The SMILES string of the molecule is O=C(N/N=C/c1cc(Br)ccc1O)c1ccc(NC(=O)c2cccc([N+](=O)[O-])c2)cc1. The van der Waals surface area contributed by atoms with Crippen molar-refractivity contribution in [3.05, 3.63) is 98.0 Å². The second-order valence-corrected chi connectivity index (χ2v) is 7.16. The third kappa shape index (κ3) is 5.73. The van der Waals surface area contributed by atoms with Crippen molar-refractivity contribution in [3.8, 4) is 5.75 Å². The van der Waals surface area contributed by atoms with Crippen LogP contribution in [0.25, 0.3) is 0 Å². The average molecular weight is 483 g/mol. The van der Waals surface area contributed by atoms with Gasteiger partial charge in [-0.2, -0.15) is 5.10 Å². The molecule has 3 aromatic rings. The first-order valence-electron chi connectivity index (χ1n) is 8.81.